The van der Waals surface area contributed by atoms with Crippen molar-refractivity contribution in [3.63, 3.8) is 0 Å². The summed E-state index contributed by atoms with van der Waals surface area (Å²) < 4.78 is 5.53. The molecular weight excluding hydrogens is 174 g/mol. The number of aryl methyl sites for hydroxylation is 1. The smallest absolute Gasteiger partial charge is 0.130 e. The van der Waals surface area contributed by atoms with E-state index < -0.39 is 0 Å². The van der Waals surface area contributed by atoms with Gasteiger partial charge in [0.25, 0.3) is 0 Å². The second-order valence-corrected chi connectivity index (χ2v) is 3.21. The fourth-order valence-electron chi connectivity index (χ4n) is 1.58. The van der Waals surface area contributed by atoms with Crippen LogP contribution in [0.1, 0.15) is 12.5 Å². The number of fused-ring (bicyclic) bond motifs is 1. The number of ether oxygens (including phenoxy) is 1. The molecule has 2 nitrogen and oxygen atoms in total. The van der Waals surface area contributed by atoms with Crippen molar-refractivity contribution in [1.29, 1.82) is 0 Å². The molecule has 0 aliphatic heterocycles. The normalized spacial score (nSPS) is 10.4. The van der Waals surface area contributed by atoms with Gasteiger partial charge in [0.05, 0.1) is 12.1 Å². The molecule has 0 aliphatic rings. The standard InChI is InChI=1S/C12H13NO/c1-3-14-11-7-8-13-12-9(2)5-4-6-10(11)12/h4-8H,3H2,1-2H3. The Morgan fingerprint density at radius 3 is 2.93 bits per heavy atom. The Kier molecular flexibility index (Phi) is 2.35. The van der Waals surface area contributed by atoms with E-state index in [1.807, 2.05) is 25.1 Å². The number of hydrogen-bond acceptors (Lipinski definition) is 2. The highest BCUT2D eigenvalue weighted by Gasteiger charge is 2.03. The zero-order valence-electron chi connectivity index (χ0n) is 8.45. The fourth-order valence-corrected chi connectivity index (χ4v) is 1.58. The third kappa shape index (κ3) is 1.43. The molecule has 14 heavy (non-hydrogen) atoms. The van der Waals surface area contributed by atoms with Gasteiger partial charge in [0, 0.05) is 11.6 Å². The van der Waals surface area contributed by atoms with Crippen LogP contribution < -0.4 is 4.74 Å². The van der Waals surface area contributed by atoms with Crippen LogP contribution in [-0.2, 0) is 0 Å². The van der Waals surface area contributed by atoms with Gasteiger partial charge in [0.1, 0.15) is 5.75 Å². The number of nitrogens with zero attached hydrogens (tertiary/aromatic N) is 1. The van der Waals surface area contributed by atoms with Crippen molar-refractivity contribution in [2.45, 2.75) is 13.8 Å². The molecule has 0 fully saturated rings. The lowest BCUT2D eigenvalue weighted by Crippen LogP contribution is -1.93. The molecule has 0 N–H and O–H groups in total. The van der Waals surface area contributed by atoms with Gasteiger partial charge in [0.15, 0.2) is 0 Å². The van der Waals surface area contributed by atoms with E-state index >= 15 is 0 Å². The lowest BCUT2D eigenvalue weighted by atomic mass is 10.1. The molecule has 0 radical (unpaired) electrons. The van der Waals surface area contributed by atoms with E-state index in [2.05, 4.69) is 18.0 Å². The Morgan fingerprint density at radius 2 is 2.14 bits per heavy atom. The van der Waals surface area contributed by atoms with Gasteiger partial charge in [-0.2, -0.15) is 0 Å². The summed E-state index contributed by atoms with van der Waals surface area (Å²) in [4.78, 5) is 4.34. The monoisotopic (exact) mass is 187 g/mol. The molecular formula is C12H13NO. The maximum Gasteiger partial charge on any atom is 0.130 e. The van der Waals surface area contributed by atoms with Crippen LogP contribution in [0.2, 0.25) is 0 Å². The second kappa shape index (κ2) is 3.66. The summed E-state index contributed by atoms with van der Waals surface area (Å²) in [5, 5.41) is 1.09. The van der Waals surface area contributed by atoms with Gasteiger partial charge in [-0.05, 0) is 31.5 Å². The van der Waals surface area contributed by atoms with Gasteiger partial charge in [0.2, 0.25) is 0 Å². The van der Waals surface area contributed by atoms with Crippen molar-refractivity contribution >= 4 is 10.9 Å². The summed E-state index contributed by atoms with van der Waals surface area (Å²) in [6, 6.07) is 8.04. The van der Waals surface area contributed by atoms with Crippen LogP contribution in [0.5, 0.6) is 5.75 Å². The van der Waals surface area contributed by atoms with Crippen LogP contribution in [0.25, 0.3) is 10.9 Å². The summed E-state index contributed by atoms with van der Waals surface area (Å²) in [5.41, 5.74) is 2.21. The van der Waals surface area contributed by atoms with Crippen LogP contribution in [0.15, 0.2) is 30.5 Å². The van der Waals surface area contributed by atoms with Crippen LogP contribution in [0, 0.1) is 6.92 Å². The zero-order valence-corrected chi connectivity index (χ0v) is 8.45. The summed E-state index contributed by atoms with van der Waals surface area (Å²) in [6.45, 7) is 4.74. The van der Waals surface area contributed by atoms with E-state index in [4.69, 9.17) is 4.74 Å². The number of aromatic nitrogens is 1. The SMILES string of the molecule is CCOc1ccnc2c(C)cccc12. The van der Waals surface area contributed by atoms with Crippen molar-refractivity contribution in [2.24, 2.45) is 0 Å². The predicted molar refractivity (Wildman–Crippen MR) is 57.6 cm³/mol. The minimum Gasteiger partial charge on any atom is -0.493 e. The van der Waals surface area contributed by atoms with E-state index in [9.17, 15) is 0 Å². The molecule has 0 spiro atoms. The van der Waals surface area contributed by atoms with Crippen molar-refractivity contribution in [2.75, 3.05) is 6.61 Å². The molecule has 0 amide bonds. The van der Waals surface area contributed by atoms with Gasteiger partial charge < -0.3 is 4.74 Å². The molecule has 0 bridgehead atoms. The topological polar surface area (TPSA) is 22.1 Å². The Hall–Kier alpha value is -1.57. The summed E-state index contributed by atoms with van der Waals surface area (Å²) in [5.74, 6) is 0.918. The van der Waals surface area contributed by atoms with Gasteiger partial charge in [-0.25, -0.2) is 0 Å². The number of benzene rings is 1. The number of para-hydroxylation sites is 1. The fraction of sp³-hybridized carbons (Fsp3) is 0.250. The highest BCUT2D eigenvalue weighted by Crippen LogP contribution is 2.25. The maximum atomic E-state index is 5.53. The Morgan fingerprint density at radius 1 is 1.29 bits per heavy atom. The zero-order chi connectivity index (χ0) is 9.97. The van der Waals surface area contributed by atoms with Crippen molar-refractivity contribution in [1.82, 2.24) is 4.98 Å². The second-order valence-electron chi connectivity index (χ2n) is 3.21. The maximum absolute atomic E-state index is 5.53. The first-order valence-corrected chi connectivity index (χ1v) is 4.80. The van der Waals surface area contributed by atoms with Gasteiger partial charge in [-0.1, -0.05) is 12.1 Å². The third-order valence-corrected chi connectivity index (χ3v) is 2.23. The van der Waals surface area contributed by atoms with Crippen molar-refractivity contribution in [3.8, 4) is 5.75 Å². The van der Waals surface area contributed by atoms with E-state index in [1.54, 1.807) is 6.20 Å². The number of pyridine rings is 1. The first kappa shape index (κ1) is 9.00. The molecule has 2 aromatic rings. The molecule has 1 aromatic heterocycles. The highest BCUT2D eigenvalue weighted by molar-refractivity contribution is 5.87. The van der Waals surface area contributed by atoms with Crippen molar-refractivity contribution < 1.29 is 4.74 Å². The first-order valence-electron chi connectivity index (χ1n) is 4.80. The third-order valence-electron chi connectivity index (χ3n) is 2.23. The molecule has 2 heteroatoms. The van der Waals surface area contributed by atoms with E-state index in [1.165, 1.54) is 5.56 Å². The Labute approximate surface area is 83.5 Å². The van der Waals surface area contributed by atoms with E-state index in [-0.39, 0.29) is 0 Å². The summed E-state index contributed by atoms with van der Waals surface area (Å²) in [7, 11) is 0. The molecule has 0 atom stereocenters. The quantitative estimate of drug-likeness (QED) is 0.721. The average molecular weight is 187 g/mol. The van der Waals surface area contributed by atoms with Crippen LogP contribution in [-0.4, -0.2) is 11.6 Å². The lowest BCUT2D eigenvalue weighted by molar-refractivity contribution is 0.344. The molecule has 1 heterocycles. The molecule has 0 saturated heterocycles. The van der Waals surface area contributed by atoms with Gasteiger partial charge >= 0.3 is 0 Å². The van der Waals surface area contributed by atoms with Gasteiger partial charge in [-0.15, -0.1) is 0 Å². The van der Waals surface area contributed by atoms with E-state index in [0.29, 0.717) is 6.61 Å². The summed E-state index contributed by atoms with van der Waals surface area (Å²) in [6.07, 6.45) is 1.79. The van der Waals surface area contributed by atoms with Gasteiger partial charge in [-0.3, -0.25) is 4.98 Å². The molecule has 0 saturated carbocycles. The average Bonchev–Trinajstić information content (AvgIpc) is 2.20. The van der Waals surface area contributed by atoms with Crippen LogP contribution in [0.4, 0.5) is 0 Å². The largest absolute Gasteiger partial charge is 0.493 e. The van der Waals surface area contributed by atoms with Crippen LogP contribution in [0.3, 0.4) is 0 Å². The molecule has 0 aliphatic carbocycles. The highest BCUT2D eigenvalue weighted by atomic mass is 16.5. The minimum atomic E-state index is 0.688. The number of rotatable bonds is 2. The van der Waals surface area contributed by atoms with Crippen LogP contribution >= 0.6 is 0 Å². The predicted octanol–water partition coefficient (Wildman–Crippen LogP) is 2.94. The molecule has 1 aromatic carbocycles. The lowest BCUT2D eigenvalue weighted by Gasteiger charge is -2.07. The summed E-state index contributed by atoms with van der Waals surface area (Å²) >= 11 is 0. The number of hydrogen-bond donors (Lipinski definition) is 0. The Balaban J connectivity index is 2.68. The molecule has 2 rings (SSSR count). The first-order chi connectivity index (χ1) is 6.83. The van der Waals surface area contributed by atoms with E-state index in [0.717, 1.165) is 16.7 Å². The molecule has 0 unspecified atom stereocenters. The molecule has 72 valence electrons. The van der Waals surface area contributed by atoms with Crippen molar-refractivity contribution in [3.05, 3.63) is 36.0 Å². The Bertz CT molecular complexity index is 451. The minimum absolute atomic E-state index is 0.688.